The van der Waals surface area contributed by atoms with Crippen LogP contribution in [0.5, 0.6) is 0 Å². The van der Waals surface area contributed by atoms with Gasteiger partial charge in [-0.1, -0.05) is 0 Å². The van der Waals surface area contributed by atoms with Crippen LogP contribution >= 0.6 is 0 Å². The minimum Gasteiger partial charge on any atom is -0.447 e. The fraction of sp³-hybridized carbons (Fsp3) is 0.435. The third kappa shape index (κ3) is 4.57. The summed E-state index contributed by atoms with van der Waals surface area (Å²) in [4.78, 5) is 42.4. The SMILES string of the molecule is CC1COC(=O)N1c1cc2cc(NC(=O)C3CC3C#N)ncc2c(NC(=O)OC(C)(C)C)c1F. The molecule has 178 valence electrons. The second kappa shape index (κ2) is 8.44. The van der Waals surface area contributed by atoms with Crippen LogP contribution < -0.4 is 15.5 Å². The standard InChI is InChI=1S/C23H24FN5O5/c1-11-10-33-22(32)29(11)16-6-12-7-17(27-20(30)14-5-13(14)8-25)26-9-15(12)19(18(16)24)28-21(31)34-23(2,3)4/h6-7,9,11,13-14H,5,10H2,1-4H3,(H,28,31)(H,26,27,30). The maximum atomic E-state index is 15.7. The first-order valence-corrected chi connectivity index (χ1v) is 10.8. The highest BCUT2D eigenvalue weighted by atomic mass is 19.1. The number of rotatable bonds is 4. The van der Waals surface area contributed by atoms with Crippen LogP contribution in [-0.4, -0.2) is 41.3 Å². The predicted octanol–water partition coefficient (Wildman–Crippen LogP) is 4.16. The number of cyclic esters (lactones) is 1. The van der Waals surface area contributed by atoms with E-state index in [2.05, 4.69) is 21.7 Å². The van der Waals surface area contributed by atoms with Gasteiger partial charge in [0.15, 0.2) is 5.82 Å². The van der Waals surface area contributed by atoms with Crippen molar-refractivity contribution in [3.05, 3.63) is 24.1 Å². The maximum Gasteiger partial charge on any atom is 0.414 e. The maximum absolute atomic E-state index is 15.7. The number of nitrogens with one attached hydrogen (secondary N) is 2. The number of carbonyl (C=O) groups excluding carboxylic acids is 3. The van der Waals surface area contributed by atoms with Gasteiger partial charge < -0.3 is 14.8 Å². The summed E-state index contributed by atoms with van der Waals surface area (Å²) >= 11 is 0. The van der Waals surface area contributed by atoms with Crippen molar-refractivity contribution in [1.82, 2.24) is 4.98 Å². The lowest BCUT2D eigenvalue weighted by Gasteiger charge is -2.23. The van der Waals surface area contributed by atoms with Gasteiger partial charge in [0.05, 0.1) is 35.3 Å². The zero-order valence-corrected chi connectivity index (χ0v) is 19.1. The number of halogens is 1. The highest BCUT2D eigenvalue weighted by Crippen LogP contribution is 2.40. The van der Waals surface area contributed by atoms with Crippen molar-refractivity contribution in [3.63, 3.8) is 0 Å². The first-order valence-electron chi connectivity index (χ1n) is 10.8. The van der Waals surface area contributed by atoms with E-state index in [4.69, 9.17) is 14.7 Å². The molecular formula is C23H24FN5O5. The molecule has 34 heavy (non-hydrogen) atoms. The number of hydrogen-bond donors (Lipinski definition) is 2. The number of aromatic nitrogens is 1. The van der Waals surface area contributed by atoms with Gasteiger partial charge in [0, 0.05) is 11.6 Å². The molecule has 0 radical (unpaired) electrons. The number of fused-ring (bicyclic) bond motifs is 1. The van der Waals surface area contributed by atoms with Crippen LogP contribution in [0.1, 0.15) is 34.1 Å². The zero-order valence-electron chi connectivity index (χ0n) is 19.1. The van der Waals surface area contributed by atoms with Gasteiger partial charge in [0.1, 0.15) is 18.0 Å². The molecule has 2 aliphatic rings. The topological polar surface area (TPSA) is 134 Å². The van der Waals surface area contributed by atoms with Gasteiger partial charge in [-0.25, -0.2) is 19.0 Å². The van der Waals surface area contributed by atoms with Gasteiger partial charge in [-0.3, -0.25) is 15.0 Å². The Bertz CT molecular complexity index is 1230. The number of ether oxygens (including phenoxy) is 2. The Labute approximate surface area is 195 Å². The Morgan fingerprint density at radius 3 is 2.65 bits per heavy atom. The minimum atomic E-state index is -0.879. The Kier molecular flexibility index (Phi) is 5.77. The molecule has 1 saturated heterocycles. The van der Waals surface area contributed by atoms with Crippen molar-refractivity contribution in [2.45, 2.75) is 45.8 Å². The molecule has 4 rings (SSSR count). The van der Waals surface area contributed by atoms with Crippen molar-refractivity contribution in [2.24, 2.45) is 11.8 Å². The van der Waals surface area contributed by atoms with E-state index in [-0.39, 0.29) is 41.0 Å². The largest absolute Gasteiger partial charge is 0.447 e. The summed E-state index contributed by atoms with van der Waals surface area (Å²) in [6, 6.07) is 4.56. The van der Waals surface area contributed by atoms with E-state index in [9.17, 15) is 14.4 Å². The van der Waals surface area contributed by atoms with Gasteiger partial charge in [0.25, 0.3) is 0 Å². The highest BCUT2D eigenvalue weighted by molar-refractivity contribution is 6.06. The van der Waals surface area contributed by atoms with Crippen LogP contribution in [0.2, 0.25) is 0 Å². The minimum absolute atomic E-state index is 0.0875. The summed E-state index contributed by atoms with van der Waals surface area (Å²) in [7, 11) is 0. The van der Waals surface area contributed by atoms with Crippen LogP contribution in [0.15, 0.2) is 18.3 Å². The molecule has 2 N–H and O–H groups in total. The molecule has 2 aromatic rings. The molecule has 3 unspecified atom stereocenters. The lowest BCUT2D eigenvalue weighted by atomic mass is 10.1. The first kappa shape index (κ1) is 23.2. The van der Waals surface area contributed by atoms with Crippen molar-refractivity contribution >= 4 is 46.1 Å². The zero-order chi connectivity index (χ0) is 24.8. The molecule has 11 heteroatoms. The number of pyridine rings is 1. The molecule has 1 saturated carbocycles. The van der Waals surface area contributed by atoms with Crippen molar-refractivity contribution in [1.29, 1.82) is 5.26 Å². The molecular weight excluding hydrogens is 445 g/mol. The number of anilines is 3. The van der Waals surface area contributed by atoms with Crippen molar-refractivity contribution in [2.75, 3.05) is 22.1 Å². The normalized spacial score (nSPS) is 21.6. The number of amides is 3. The van der Waals surface area contributed by atoms with Crippen LogP contribution in [0.4, 0.5) is 31.2 Å². The summed E-state index contributed by atoms with van der Waals surface area (Å²) in [5.41, 5.74) is -1.13. The van der Waals surface area contributed by atoms with Gasteiger partial charge in [-0.15, -0.1) is 0 Å². The van der Waals surface area contributed by atoms with E-state index in [0.717, 1.165) is 4.90 Å². The molecule has 10 nitrogen and oxygen atoms in total. The third-order valence-corrected chi connectivity index (χ3v) is 5.46. The Hall–Kier alpha value is -3.94. The average Bonchev–Trinajstić information content (AvgIpc) is 3.47. The van der Waals surface area contributed by atoms with Gasteiger partial charge in [-0.05, 0) is 51.6 Å². The molecule has 2 heterocycles. The number of hydrogen-bond acceptors (Lipinski definition) is 7. The lowest BCUT2D eigenvalue weighted by Crippen LogP contribution is -2.32. The Morgan fingerprint density at radius 2 is 2.06 bits per heavy atom. The summed E-state index contributed by atoms with van der Waals surface area (Å²) in [6.07, 6.45) is 0.207. The Balaban J connectivity index is 1.75. The van der Waals surface area contributed by atoms with Crippen LogP contribution in [-0.2, 0) is 14.3 Å². The molecule has 1 aliphatic carbocycles. The van der Waals surface area contributed by atoms with E-state index < -0.39 is 35.6 Å². The summed E-state index contributed by atoms with van der Waals surface area (Å²) in [5, 5.41) is 14.7. The summed E-state index contributed by atoms with van der Waals surface area (Å²) in [6.45, 7) is 6.81. The molecule has 1 aliphatic heterocycles. The van der Waals surface area contributed by atoms with Crippen molar-refractivity contribution < 1.29 is 28.2 Å². The Morgan fingerprint density at radius 1 is 1.32 bits per heavy atom. The summed E-state index contributed by atoms with van der Waals surface area (Å²) in [5.74, 6) is -1.69. The fourth-order valence-corrected chi connectivity index (χ4v) is 3.73. The van der Waals surface area contributed by atoms with Gasteiger partial charge in [0.2, 0.25) is 5.91 Å². The molecule has 0 spiro atoms. The number of nitrogens with zero attached hydrogens (tertiary/aromatic N) is 3. The van der Waals surface area contributed by atoms with E-state index >= 15 is 4.39 Å². The van der Waals surface area contributed by atoms with Crippen LogP contribution in [0.25, 0.3) is 10.8 Å². The summed E-state index contributed by atoms with van der Waals surface area (Å²) < 4.78 is 25.9. The van der Waals surface area contributed by atoms with Gasteiger partial charge in [-0.2, -0.15) is 5.26 Å². The predicted molar refractivity (Wildman–Crippen MR) is 121 cm³/mol. The smallest absolute Gasteiger partial charge is 0.414 e. The second-order valence-electron chi connectivity index (χ2n) is 9.37. The lowest BCUT2D eigenvalue weighted by molar-refractivity contribution is -0.117. The quantitative estimate of drug-likeness (QED) is 0.686. The van der Waals surface area contributed by atoms with E-state index in [0.29, 0.717) is 11.8 Å². The molecule has 0 bridgehead atoms. The number of nitriles is 1. The van der Waals surface area contributed by atoms with Crippen LogP contribution in [0, 0.1) is 29.0 Å². The highest BCUT2D eigenvalue weighted by Gasteiger charge is 2.43. The van der Waals surface area contributed by atoms with Crippen molar-refractivity contribution in [3.8, 4) is 6.07 Å². The average molecular weight is 469 g/mol. The van der Waals surface area contributed by atoms with E-state index in [1.807, 2.05) is 0 Å². The van der Waals surface area contributed by atoms with Gasteiger partial charge >= 0.3 is 12.2 Å². The van der Waals surface area contributed by atoms with E-state index in [1.165, 1.54) is 18.3 Å². The first-order chi connectivity index (χ1) is 16.0. The third-order valence-electron chi connectivity index (χ3n) is 5.46. The number of carbonyl (C=O) groups is 3. The molecule has 3 amide bonds. The molecule has 3 atom stereocenters. The van der Waals surface area contributed by atoms with E-state index in [1.54, 1.807) is 27.7 Å². The number of benzene rings is 1. The molecule has 1 aromatic heterocycles. The van der Waals surface area contributed by atoms with Crippen LogP contribution in [0.3, 0.4) is 0 Å². The molecule has 1 aromatic carbocycles. The second-order valence-corrected chi connectivity index (χ2v) is 9.37. The fourth-order valence-electron chi connectivity index (χ4n) is 3.73. The molecule has 2 fully saturated rings. The monoisotopic (exact) mass is 469 g/mol.